The van der Waals surface area contributed by atoms with Crippen LogP contribution in [0.25, 0.3) is 22.2 Å². The first-order valence-electron chi connectivity index (χ1n) is 8.72. The van der Waals surface area contributed by atoms with Gasteiger partial charge in [-0.15, -0.1) is 0 Å². The molecular formula is C20H23N3O. The van der Waals surface area contributed by atoms with E-state index in [4.69, 9.17) is 4.74 Å². The molecule has 1 aliphatic heterocycles. The van der Waals surface area contributed by atoms with Gasteiger partial charge in [-0.2, -0.15) is 0 Å². The van der Waals surface area contributed by atoms with Crippen molar-refractivity contribution in [3.8, 4) is 11.3 Å². The maximum Gasteiger partial charge on any atom is 0.0594 e. The highest BCUT2D eigenvalue weighted by atomic mass is 16.5. The number of morpholine rings is 1. The monoisotopic (exact) mass is 321 g/mol. The molecule has 1 fully saturated rings. The Morgan fingerprint density at radius 2 is 1.83 bits per heavy atom. The van der Waals surface area contributed by atoms with Gasteiger partial charge in [-0.05, 0) is 43.1 Å². The number of nitrogens with one attached hydrogen (secondary N) is 1. The van der Waals surface area contributed by atoms with E-state index in [1.54, 1.807) is 0 Å². The summed E-state index contributed by atoms with van der Waals surface area (Å²) in [6, 6.07) is 12.8. The second kappa shape index (κ2) is 7.16. The number of aromatic amines is 1. The van der Waals surface area contributed by atoms with E-state index in [0.29, 0.717) is 0 Å². The average Bonchev–Trinajstić information content (AvgIpc) is 3.02. The van der Waals surface area contributed by atoms with Gasteiger partial charge in [0.2, 0.25) is 0 Å². The molecule has 3 heterocycles. The standard InChI is InChI=1S/C20H23N3O/c1-2-6-19-17(4-1)18(5-3-11-23-12-14-24-15-13-23)20(22-19)16-7-9-21-10-8-16/h1-2,4,6-10,22H,3,5,11-15H2. The van der Waals surface area contributed by atoms with Gasteiger partial charge in [0.05, 0.1) is 13.2 Å². The molecule has 1 N–H and O–H groups in total. The number of hydrogen-bond donors (Lipinski definition) is 1. The molecule has 2 aromatic heterocycles. The number of aryl methyl sites for hydroxylation is 1. The number of rotatable bonds is 5. The molecule has 0 spiro atoms. The van der Waals surface area contributed by atoms with Gasteiger partial charge in [0.1, 0.15) is 0 Å². The highest BCUT2D eigenvalue weighted by Gasteiger charge is 2.14. The molecule has 1 aromatic carbocycles. The Morgan fingerprint density at radius 1 is 1.04 bits per heavy atom. The first kappa shape index (κ1) is 15.4. The summed E-state index contributed by atoms with van der Waals surface area (Å²) in [6.45, 7) is 5.00. The molecule has 0 radical (unpaired) electrons. The zero-order valence-electron chi connectivity index (χ0n) is 13.9. The van der Waals surface area contributed by atoms with Crippen LogP contribution in [0.15, 0.2) is 48.8 Å². The summed E-state index contributed by atoms with van der Waals surface area (Å²) >= 11 is 0. The summed E-state index contributed by atoms with van der Waals surface area (Å²) in [4.78, 5) is 10.3. The Balaban J connectivity index is 1.58. The number of aromatic nitrogens is 2. The second-order valence-electron chi connectivity index (χ2n) is 6.32. The van der Waals surface area contributed by atoms with Crippen molar-refractivity contribution >= 4 is 10.9 Å². The van der Waals surface area contributed by atoms with Crippen LogP contribution in [0, 0.1) is 0 Å². The third kappa shape index (κ3) is 3.21. The van der Waals surface area contributed by atoms with Crippen molar-refractivity contribution < 1.29 is 4.74 Å². The van der Waals surface area contributed by atoms with Crippen molar-refractivity contribution in [2.24, 2.45) is 0 Å². The normalized spacial score (nSPS) is 15.8. The van der Waals surface area contributed by atoms with Gasteiger partial charge in [-0.25, -0.2) is 0 Å². The van der Waals surface area contributed by atoms with E-state index in [9.17, 15) is 0 Å². The van der Waals surface area contributed by atoms with Crippen LogP contribution in [0.1, 0.15) is 12.0 Å². The number of para-hydroxylation sites is 1. The van der Waals surface area contributed by atoms with Crippen molar-refractivity contribution in [1.29, 1.82) is 0 Å². The van der Waals surface area contributed by atoms with E-state index in [2.05, 4.69) is 51.3 Å². The summed E-state index contributed by atoms with van der Waals surface area (Å²) in [7, 11) is 0. The maximum absolute atomic E-state index is 5.43. The van der Waals surface area contributed by atoms with Gasteiger partial charge in [0.15, 0.2) is 0 Å². The first-order valence-corrected chi connectivity index (χ1v) is 8.72. The van der Waals surface area contributed by atoms with Crippen LogP contribution in [0.2, 0.25) is 0 Å². The molecule has 0 unspecified atom stereocenters. The van der Waals surface area contributed by atoms with Gasteiger partial charge >= 0.3 is 0 Å². The molecule has 3 aromatic rings. The third-order valence-corrected chi connectivity index (χ3v) is 4.79. The number of hydrogen-bond acceptors (Lipinski definition) is 3. The fraction of sp³-hybridized carbons (Fsp3) is 0.350. The van der Waals surface area contributed by atoms with E-state index in [1.807, 2.05) is 12.4 Å². The molecule has 1 aliphatic rings. The van der Waals surface area contributed by atoms with Gasteiger partial charge in [0, 0.05) is 47.6 Å². The van der Waals surface area contributed by atoms with Gasteiger partial charge in [0.25, 0.3) is 0 Å². The number of fused-ring (bicyclic) bond motifs is 1. The second-order valence-corrected chi connectivity index (χ2v) is 6.32. The molecule has 1 saturated heterocycles. The number of benzene rings is 1. The molecule has 0 atom stereocenters. The van der Waals surface area contributed by atoms with Crippen molar-refractivity contribution in [2.45, 2.75) is 12.8 Å². The van der Waals surface area contributed by atoms with Crippen LogP contribution in [0.4, 0.5) is 0 Å². The van der Waals surface area contributed by atoms with Crippen molar-refractivity contribution in [3.63, 3.8) is 0 Å². The van der Waals surface area contributed by atoms with Crippen molar-refractivity contribution in [2.75, 3.05) is 32.8 Å². The lowest BCUT2D eigenvalue weighted by atomic mass is 10.0. The van der Waals surface area contributed by atoms with Gasteiger partial charge < -0.3 is 9.72 Å². The predicted molar refractivity (Wildman–Crippen MR) is 97.1 cm³/mol. The minimum Gasteiger partial charge on any atom is -0.379 e. The molecule has 4 rings (SSSR count). The van der Waals surface area contributed by atoms with Gasteiger partial charge in [-0.1, -0.05) is 18.2 Å². The summed E-state index contributed by atoms with van der Waals surface area (Å²) < 4.78 is 5.43. The number of nitrogens with zero attached hydrogens (tertiary/aromatic N) is 2. The van der Waals surface area contributed by atoms with Crippen molar-refractivity contribution in [3.05, 3.63) is 54.4 Å². The minimum absolute atomic E-state index is 0.870. The van der Waals surface area contributed by atoms with Crippen LogP contribution in [-0.2, 0) is 11.2 Å². The quantitative estimate of drug-likeness (QED) is 0.782. The topological polar surface area (TPSA) is 41.1 Å². The summed E-state index contributed by atoms with van der Waals surface area (Å²) in [5, 5.41) is 1.34. The number of ether oxygens (including phenoxy) is 1. The highest BCUT2D eigenvalue weighted by molar-refractivity contribution is 5.90. The van der Waals surface area contributed by atoms with E-state index in [1.165, 1.54) is 34.1 Å². The van der Waals surface area contributed by atoms with E-state index >= 15 is 0 Å². The Hall–Kier alpha value is -2.17. The van der Waals surface area contributed by atoms with Crippen LogP contribution in [0.5, 0.6) is 0 Å². The highest BCUT2D eigenvalue weighted by Crippen LogP contribution is 2.31. The molecule has 0 saturated carbocycles. The Labute approximate surface area is 142 Å². The molecule has 4 nitrogen and oxygen atoms in total. The van der Waals surface area contributed by atoms with Crippen molar-refractivity contribution in [1.82, 2.24) is 14.9 Å². The number of pyridine rings is 1. The fourth-order valence-corrected chi connectivity index (χ4v) is 3.53. The Kier molecular flexibility index (Phi) is 4.58. The molecule has 0 amide bonds. The zero-order chi connectivity index (χ0) is 16.2. The first-order chi connectivity index (χ1) is 11.9. The van der Waals surface area contributed by atoms with Crippen LogP contribution in [-0.4, -0.2) is 47.7 Å². The summed E-state index contributed by atoms with van der Waals surface area (Å²) in [5.74, 6) is 0. The molecule has 0 bridgehead atoms. The minimum atomic E-state index is 0.870. The largest absolute Gasteiger partial charge is 0.379 e. The van der Waals surface area contributed by atoms with Crippen LogP contribution >= 0.6 is 0 Å². The average molecular weight is 321 g/mol. The maximum atomic E-state index is 5.43. The summed E-state index contributed by atoms with van der Waals surface area (Å²) in [5.41, 5.74) is 5.08. The third-order valence-electron chi connectivity index (χ3n) is 4.79. The number of H-pyrrole nitrogens is 1. The molecule has 4 heteroatoms. The molecule has 124 valence electrons. The lowest BCUT2D eigenvalue weighted by Gasteiger charge is -2.26. The Bertz CT molecular complexity index is 791. The van der Waals surface area contributed by atoms with Crippen LogP contribution in [0.3, 0.4) is 0 Å². The van der Waals surface area contributed by atoms with Gasteiger partial charge in [-0.3, -0.25) is 9.88 Å². The predicted octanol–water partition coefficient (Wildman–Crippen LogP) is 3.49. The van der Waals surface area contributed by atoms with Crippen LogP contribution < -0.4 is 0 Å². The molecule has 24 heavy (non-hydrogen) atoms. The summed E-state index contributed by atoms with van der Waals surface area (Å²) in [6.07, 6.45) is 5.97. The zero-order valence-corrected chi connectivity index (χ0v) is 13.9. The SMILES string of the molecule is c1ccc2c(CCCN3CCOCC3)c(-c3ccncc3)[nH]c2c1. The Morgan fingerprint density at radius 3 is 2.67 bits per heavy atom. The van der Waals surface area contributed by atoms with E-state index < -0.39 is 0 Å². The van der Waals surface area contributed by atoms with E-state index in [-0.39, 0.29) is 0 Å². The smallest absolute Gasteiger partial charge is 0.0594 e. The lowest BCUT2D eigenvalue weighted by molar-refractivity contribution is 0.0375. The lowest BCUT2D eigenvalue weighted by Crippen LogP contribution is -2.36. The fourth-order valence-electron chi connectivity index (χ4n) is 3.53. The molecular weight excluding hydrogens is 298 g/mol. The van der Waals surface area contributed by atoms with E-state index in [0.717, 1.165) is 39.3 Å². The molecule has 0 aliphatic carbocycles.